The number of phosphoric ester groups is 1. The number of ether oxygens (including phenoxy) is 4. The molecule has 0 radical (unpaired) electrons. The lowest BCUT2D eigenvalue weighted by atomic mass is 9.93. The number of aliphatic hydroxyl groups is 1. The molecule has 1 unspecified atom stereocenters. The number of nitrogen functional groups attached to an aromatic ring is 1. The number of fused-ring (bicyclic) bond motifs is 1. The predicted octanol–water partition coefficient (Wildman–Crippen LogP) is 11.7. The average molecular weight is 941 g/mol. The number of rotatable bonds is 33. The Morgan fingerprint density at radius 3 is 2.17 bits per heavy atom. The minimum atomic E-state index is -4.48. The van der Waals surface area contributed by atoms with Crippen LogP contribution in [0.2, 0.25) is 5.02 Å². The van der Waals surface area contributed by atoms with Crippen LogP contribution in [0.3, 0.4) is 0 Å². The smallest absolute Gasteiger partial charge is 0.402 e. The lowest BCUT2D eigenvalue weighted by Gasteiger charge is -2.31. The van der Waals surface area contributed by atoms with Gasteiger partial charge in [-0.2, -0.15) is 10.4 Å². The van der Waals surface area contributed by atoms with Crippen molar-refractivity contribution in [1.29, 1.82) is 5.26 Å². The Bertz CT molecular complexity index is 2060. The lowest BCUT2D eigenvalue weighted by molar-refractivity contribution is -0.226. The van der Waals surface area contributed by atoms with E-state index in [0.717, 1.165) is 18.4 Å². The maximum Gasteiger partial charge on any atom is 0.530 e. The van der Waals surface area contributed by atoms with Crippen LogP contribution in [-0.2, 0) is 44.8 Å². The molecular formula is C49H71ClN5O9P. The quantitative estimate of drug-likeness (QED) is 0.0262. The lowest BCUT2D eigenvalue weighted by Crippen LogP contribution is -2.43. The molecule has 4 aromatic rings. The Morgan fingerprint density at radius 2 is 1.54 bits per heavy atom. The third kappa shape index (κ3) is 17.2. The number of nitriles is 1. The van der Waals surface area contributed by atoms with Gasteiger partial charge < -0.3 is 34.3 Å². The summed E-state index contributed by atoms with van der Waals surface area (Å²) in [5.41, 5.74) is 6.01. The summed E-state index contributed by atoms with van der Waals surface area (Å²) in [7, 11) is -4.48. The molecule has 1 aliphatic heterocycles. The first-order valence-electron chi connectivity index (χ1n) is 23.6. The second-order valence-corrected chi connectivity index (χ2v) is 19.4. The fraction of sp³-hybridized carbons (Fsp3) is 0.612. The fourth-order valence-electron chi connectivity index (χ4n) is 7.97. The number of para-hydroxylation sites is 1. The average Bonchev–Trinajstić information content (AvgIpc) is 3.89. The normalized spacial score (nSPS) is 19.0. The molecule has 0 aliphatic carbocycles. The van der Waals surface area contributed by atoms with E-state index < -0.39 is 37.5 Å². The highest BCUT2D eigenvalue weighted by molar-refractivity contribution is 7.48. The molecule has 16 heteroatoms. The first-order chi connectivity index (χ1) is 31.4. The van der Waals surface area contributed by atoms with Crippen molar-refractivity contribution in [1.82, 2.24) is 14.6 Å². The minimum absolute atomic E-state index is 0.0491. The van der Waals surface area contributed by atoms with E-state index in [4.69, 9.17) is 49.9 Å². The molecular weight excluding hydrogens is 869 g/mol. The number of aromatic nitrogens is 3. The van der Waals surface area contributed by atoms with E-state index in [0.29, 0.717) is 17.8 Å². The zero-order chi connectivity index (χ0) is 46.4. The molecule has 0 saturated carbocycles. The number of nitrogens with zero attached hydrogens (tertiary/aromatic N) is 4. The highest BCUT2D eigenvalue weighted by Gasteiger charge is 2.55. The van der Waals surface area contributed by atoms with E-state index >= 15 is 0 Å². The van der Waals surface area contributed by atoms with Crippen molar-refractivity contribution in [3.05, 3.63) is 89.3 Å². The molecule has 65 heavy (non-hydrogen) atoms. The van der Waals surface area contributed by atoms with E-state index in [9.17, 15) is 14.9 Å². The van der Waals surface area contributed by atoms with Crippen LogP contribution >= 0.6 is 19.4 Å². The van der Waals surface area contributed by atoms with Crippen LogP contribution in [0.5, 0.6) is 5.75 Å². The largest absolute Gasteiger partial charge is 0.530 e. The van der Waals surface area contributed by atoms with Crippen LogP contribution < -0.4 is 10.3 Å². The van der Waals surface area contributed by atoms with Crippen LogP contribution in [0.25, 0.3) is 5.52 Å². The Morgan fingerprint density at radius 1 is 0.908 bits per heavy atom. The van der Waals surface area contributed by atoms with Crippen LogP contribution in [0.1, 0.15) is 141 Å². The van der Waals surface area contributed by atoms with Crippen molar-refractivity contribution in [2.45, 2.75) is 166 Å². The van der Waals surface area contributed by atoms with E-state index in [1.807, 2.05) is 30.3 Å². The highest BCUT2D eigenvalue weighted by atomic mass is 35.5. The van der Waals surface area contributed by atoms with Crippen molar-refractivity contribution in [3.8, 4) is 11.8 Å². The molecule has 358 valence electrons. The second-order valence-electron chi connectivity index (χ2n) is 17.4. The number of hydrogen-bond donors (Lipinski definition) is 2. The number of hydrogen-bond acceptors (Lipinski definition) is 13. The summed E-state index contributed by atoms with van der Waals surface area (Å²) in [5, 5.41) is 26.0. The van der Waals surface area contributed by atoms with Gasteiger partial charge in [0, 0.05) is 13.0 Å². The summed E-state index contributed by atoms with van der Waals surface area (Å²) in [6.45, 7) is 5.62. The van der Waals surface area contributed by atoms with Crippen molar-refractivity contribution in [3.63, 3.8) is 0 Å². The summed E-state index contributed by atoms with van der Waals surface area (Å²) in [6.07, 6.45) is 19.4. The number of anilines is 1. The standard InChI is InChI=1S/C49H71ClN5O9P/c1-4-5-6-7-8-9-10-11-12-13-14-15-16-17-18-24-31-58-34-41(59-33-39-25-20-19-21-26-39)36-61-65(57,64-44-28-23-22-27-42(44)50)60-35-40-32-46(63-48(2,3)56)49(37-51,62-40)45-30-29-43-47(52)53-38-54-55(43)45/h19-23,25-30,38,40-41,46,56H,4-18,24,31-36H2,1-3H3,(H2,52,53,54)/t40-,41+,46+,49-,65?/m0/s1. The van der Waals surface area contributed by atoms with E-state index in [2.05, 4.69) is 23.1 Å². The van der Waals surface area contributed by atoms with Gasteiger partial charge in [-0.15, -0.1) is 0 Å². The fourth-order valence-corrected chi connectivity index (χ4v) is 9.47. The van der Waals surface area contributed by atoms with Crippen LogP contribution in [0.4, 0.5) is 5.82 Å². The molecule has 3 heterocycles. The highest BCUT2D eigenvalue weighted by Crippen LogP contribution is 2.52. The molecule has 1 saturated heterocycles. The van der Waals surface area contributed by atoms with Gasteiger partial charge in [-0.3, -0.25) is 9.05 Å². The maximum atomic E-state index is 14.6. The van der Waals surface area contributed by atoms with Crippen LogP contribution in [-0.4, -0.2) is 70.2 Å². The number of benzene rings is 2. The van der Waals surface area contributed by atoms with Gasteiger partial charge in [0.2, 0.25) is 5.60 Å². The van der Waals surface area contributed by atoms with Gasteiger partial charge in [0.25, 0.3) is 0 Å². The van der Waals surface area contributed by atoms with Gasteiger partial charge in [-0.1, -0.05) is 157 Å². The van der Waals surface area contributed by atoms with Gasteiger partial charge in [0.05, 0.1) is 43.2 Å². The maximum absolute atomic E-state index is 14.6. The molecule has 1 aliphatic rings. The molecule has 1 fully saturated rings. The molecule has 3 N–H and O–H groups in total. The summed E-state index contributed by atoms with van der Waals surface area (Å²) in [4.78, 5) is 4.04. The van der Waals surface area contributed by atoms with Crippen LogP contribution in [0.15, 0.2) is 73.1 Å². The van der Waals surface area contributed by atoms with E-state index in [1.165, 1.54) is 115 Å². The van der Waals surface area contributed by atoms with Crippen molar-refractivity contribution in [2.75, 3.05) is 32.2 Å². The summed E-state index contributed by atoms with van der Waals surface area (Å²) in [6, 6.07) is 21.8. The Labute approximate surface area is 391 Å². The summed E-state index contributed by atoms with van der Waals surface area (Å²) >= 11 is 6.45. The molecule has 5 rings (SSSR count). The van der Waals surface area contributed by atoms with E-state index in [-0.39, 0.29) is 49.4 Å². The molecule has 0 amide bonds. The third-order valence-corrected chi connectivity index (χ3v) is 13.1. The molecule has 0 spiro atoms. The van der Waals surface area contributed by atoms with E-state index in [1.54, 1.807) is 36.4 Å². The summed E-state index contributed by atoms with van der Waals surface area (Å²) < 4.78 is 58.9. The van der Waals surface area contributed by atoms with Gasteiger partial charge in [-0.05, 0) is 50.1 Å². The summed E-state index contributed by atoms with van der Waals surface area (Å²) in [5.74, 6) is -1.37. The number of phosphoric acid groups is 1. The third-order valence-electron chi connectivity index (χ3n) is 11.4. The number of unbranched alkanes of at least 4 members (excludes halogenated alkanes) is 15. The molecule has 2 aromatic carbocycles. The monoisotopic (exact) mass is 939 g/mol. The Hall–Kier alpha value is -3.61. The predicted molar refractivity (Wildman–Crippen MR) is 252 cm³/mol. The Kier molecular flexibility index (Phi) is 22.0. The van der Waals surface area contributed by atoms with Gasteiger partial charge in [-0.25, -0.2) is 14.1 Å². The second kappa shape index (κ2) is 27.3. The minimum Gasteiger partial charge on any atom is -0.402 e. The zero-order valence-corrected chi connectivity index (χ0v) is 40.3. The first kappa shape index (κ1) is 52.4. The van der Waals surface area contributed by atoms with Gasteiger partial charge >= 0.3 is 7.82 Å². The molecule has 0 bridgehead atoms. The molecule has 5 atom stereocenters. The topological polar surface area (TPSA) is 182 Å². The zero-order valence-electron chi connectivity index (χ0n) is 38.6. The molecule has 2 aromatic heterocycles. The van der Waals surface area contributed by atoms with Gasteiger partial charge in [0.1, 0.15) is 35.9 Å². The SMILES string of the molecule is CCCCCCCCCCCCCCCCCCOC[C@H](COP(=O)(OC[C@@H]1C[C@@H](OC(C)(C)O)[C@](C#N)(c2ccc3c(N)ncnn23)O1)Oc1ccccc1Cl)OCc1ccccc1. The van der Waals surface area contributed by atoms with Crippen molar-refractivity contribution >= 4 is 30.8 Å². The Balaban J connectivity index is 1.16. The number of halogens is 1. The molecule has 14 nitrogen and oxygen atoms in total. The van der Waals surface area contributed by atoms with Crippen molar-refractivity contribution < 1.29 is 42.2 Å². The van der Waals surface area contributed by atoms with Crippen molar-refractivity contribution in [2.24, 2.45) is 0 Å². The number of nitrogens with two attached hydrogens (primary N) is 1. The van der Waals surface area contributed by atoms with Crippen LogP contribution in [0, 0.1) is 11.3 Å². The first-order valence-corrected chi connectivity index (χ1v) is 25.4. The van der Waals surface area contributed by atoms with Gasteiger partial charge in [0.15, 0.2) is 11.6 Å².